The number of likely N-dealkylation sites (N-methyl/N-ethyl adjacent to an activating group) is 1. The fourth-order valence-corrected chi connectivity index (χ4v) is 2.48. The number of hydrogen-bond donors (Lipinski definition) is 1. The van der Waals surface area contributed by atoms with Crippen molar-refractivity contribution in [2.45, 2.75) is 33.2 Å². The highest BCUT2D eigenvalue weighted by atomic mass is 79.9. The number of nitrogens with zero attached hydrogens (tertiary/aromatic N) is 2. The van der Waals surface area contributed by atoms with Crippen LogP contribution in [0.15, 0.2) is 27.2 Å². The van der Waals surface area contributed by atoms with Crippen molar-refractivity contribution in [3.8, 4) is 11.4 Å². The van der Waals surface area contributed by atoms with E-state index >= 15 is 0 Å². The number of halogens is 1. The average Bonchev–Trinajstić information content (AvgIpc) is 2.77. The van der Waals surface area contributed by atoms with Gasteiger partial charge in [0.1, 0.15) is 0 Å². The molecule has 1 aromatic heterocycles. The van der Waals surface area contributed by atoms with Crippen LogP contribution in [0.2, 0.25) is 0 Å². The first kappa shape index (κ1) is 14.2. The largest absolute Gasteiger partial charge is 0.339 e. The summed E-state index contributed by atoms with van der Waals surface area (Å²) in [5.41, 5.74) is 2.13. The molecule has 1 aromatic carbocycles. The molecule has 4 nitrogen and oxygen atoms in total. The van der Waals surface area contributed by atoms with Crippen LogP contribution in [0.4, 0.5) is 0 Å². The third-order valence-electron chi connectivity index (χ3n) is 2.93. The average molecular weight is 324 g/mol. The highest BCUT2D eigenvalue weighted by Crippen LogP contribution is 2.24. The van der Waals surface area contributed by atoms with Gasteiger partial charge in [-0.15, -0.1) is 0 Å². The third-order valence-corrected chi connectivity index (χ3v) is 3.42. The van der Waals surface area contributed by atoms with Gasteiger partial charge >= 0.3 is 0 Å². The molecular weight excluding hydrogens is 306 g/mol. The van der Waals surface area contributed by atoms with Gasteiger partial charge in [-0.05, 0) is 44.2 Å². The van der Waals surface area contributed by atoms with Gasteiger partial charge in [0.2, 0.25) is 11.7 Å². The van der Waals surface area contributed by atoms with Crippen molar-refractivity contribution in [2.75, 3.05) is 6.54 Å². The van der Waals surface area contributed by atoms with Gasteiger partial charge in [0.25, 0.3) is 0 Å². The van der Waals surface area contributed by atoms with E-state index in [0.29, 0.717) is 17.8 Å². The summed E-state index contributed by atoms with van der Waals surface area (Å²) in [5.74, 6) is 1.33. The van der Waals surface area contributed by atoms with Crippen LogP contribution in [-0.4, -0.2) is 22.7 Å². The Morgan fingerprint density at radius 3 is 2.89 bits per heavy atom. The van der Waals surface area contributed by atoms with Crippen molar-refractivity contribution in [1.29, 1.82) is 0 Å². The number of aromatic nitrogens is 2. The van der Waals surface area contributed by atoms with Crippen molar-refractivity contribution in [1.82, 2.24) is 15.5 Å². The molecule has 0 aliphatic heterocycles. The normalized spacial score (nSPS) is 12.6. The molecule has 0 amide bonds. The summed E-state index contributed by atoms with van der Waals surface area (Å²) in [6, 6.07) is 6.37. The minimum Gasteiger partial charge on any atom is -0.339 e. The molecule has 1 heterocycles. The van der Waals surface area contributed by atoms with Crippen molar-refractivity contribution >= 4 is 15.9 Å². The molecule has 2 rings (SSSR count). The Kier molecular flexibility index (Phi) is 4.71. The SMILES string of the molecule is CCNC(C)Cc1nc(-c2ccc(Br)cc2C)no1. The van der Waals surface area contributed by atoms with Gasteiger partial charge in [0, 0.05) is 22.5 Å². The van der Waals surface area contributed by atoms with Gasteiger partial charge in [0.15, 0.2) is 0 Å². The molecule has 1 atom stereocenters. The first-order valence-corrected chi connectivity index (χ1v) is 7.22. The smallest absolute Gasteiger partial charge is 0.228 e. The molecular formula is C14H18BrN3O. The van der Waals surface area contributed by atoms with E-state index in [9.17, 15) is 0 Å². The zero-order chi connectivity index (χ0) is 13.8. The van der Waals surface area contributed by atoms with Crippen molar-refractivity contribution in [3.05, 3.63) is 34.1 Å². The minimum atomic E-state index is 0.337. The summed E-state index contributed by atoms with van der Waals surface area (Å²) in [6.07, 6.45) is 0.746. The van der Waals surface area contributed by atoms with Gasteiger partial charge in [-0.1, -0.05) is 28.0 Å². The Bertz CT molecular complexity index is 553. The number of rotatable bonds is 5. The van der Waals surface area contributed by atoms with Crippen LogP contribution >= 0.6 is 15.9 Å². The zero-order valence-corrected chi connectivity index (χ0v) is 13.0. The molecule has 1 N–H and O–H groups in total. The maximum absolute atomic E-state index is 5.31. The van der Waals surface area contributed by atoms with Crippen LogP contribution in [-0.2, 0) is 6.42 Å². The molecule has 102 valence electrons. The third kappa shape index (κ3) is 3.64. The van der Waals surface area contributed by atoms with E-state index in [1.54, 1.807) is 0 Å². The molecule has 1 unspecified atom stereocenters. The van der Waals surface area contributed by atoms with E-state index in [0.717, 1.165) is 28.6 Å². The van der Waals surface area contributed by atoms with Crippen LogP contribution in [0.5, 0.6) is 0 Å². The van der Waals surface area contributed by atoms with Crippen molar-refractivity contribution < 1.29 is 4.52 Å². The summed E-state index contributed by atoms with van der Waals surface area (Å²) in [5, 5.41) is 7.39. The molecule has 0 aliphatic carbocycles. The first-order chi connectivity index (χ1) is 9.10. The van der Waals surface area contributed by atoms with E-state index in [1.807, 2.05) is 25.1 Å². The van der Waals surface area contributed by atoms with Gasteiger partial charge in [-0.2, -0.15) is 4.98 Å². The van der Waals surface area contributed by atoms with E-state index in [-0.39, 0.29) is 0 Å². The molecule has 2 aromatic rings. The Morgan fingerprint density at radius 2 is 2.21 bits per heavy atom. The van der Waals surface area contributed by atoms with Crippen LogP contribution in [0, 0.1) is 6.92 Å². The summed E-state index contributed by atoms with van der Waals surface area (Å²) in [6.45, 7) is 7.17. The van der Waals surface area contributed by atoms with Crippen molar-refractivity contribution in [3.63, 3.8) is 0 Å². The summed E-state index contributed by atoms with van der Waals surface area (Å²) in [7, 11) is 0. The van der Waals surface area contributed by atoms with E-state index < -0.39 is 0 Å². The Labute approximate surface area is 121 Å². The Hall–Kier alpha value is -1.20. The van der Waals surface area contributed by atoms with E-state index in [2.05, 4.69) is 45.2 Å². The van der Waals surface area contributed by atoms with E-state index in [4.69, 9.17) is 4.52 Å². The second kappa shape index (κ2) is 6.30. The lowest BCUT2D eigenvalue weighted by Crippen LogP contribution is -2.27. The van der Waals surface area contributed by atoms with Gasteiger partial charge < -0.3 is 9.84 Å². The first-order valence-electron chi connectivity index (χ1n) is 6.42. The molecule has 0 radical (unpaired) electrons. The highest BCUT2D eigenvalue weighted by molar-refractivity contribution is 9.10. The number of aryl methyl sites for hydroxylation is 1. The maximum atomic E-state index is 5.31. The molecule has 0 spiro atoms. The molecule has 0 saturated heterocycles. The minimum absolute atomic E-state index is 0.337. The predicted octanol–water partition coefficient (Wildman–Crippen LogP) is 3.35. The predicted molar refractivity (Wildman–Crippen MR) is 79.0 cm³/mol. The standard InChI is InChI=1S/C14H18BrN3O/c1-4-16-10(3)8-13-17-14(18-19-13)12-6-5-11(15)7-9(12)2/h5-7,10,16H,4,8H2,1-3H3. The lowest BCUT2D eigenvalue weighted by molar-refractivity contribution is 0.363. The summed E-state index contributed by atoms with van der Waals surface area (Å²) >= 11 is 3.45. The Morgan fingerprint density at radius 1 is 1.42 bits per heavy atom. The fraction of sp³-hybridized carbons (Fsp3) is 0.429. The molecule has 0 aliphatic rings. The fourth-order valence-electron chi connectivity index (χ4n) is 2.01. The van der Waals surface area contributed by atoms with Crippen LogP contribution in [0.25, 0.3) is 11.4 Å². The molecule has 5 heteroatoms. The van der Waals surface area contributed by atoms with Crippen molar-refractivity contribution in [2.24, 2.45) is 0 Å². The highest BCUT2D eigenvalue weighted by Gasteiger charge is 2.13. The summed E-state index contributed by atoms with van der Waals surface area (Å²) < 4.78 is 6.36. The van der Waals surface area contributed by atoms with Crippen LogP contribution in [0.1, 0.15) is 25.3 Å². The topological polar surface area (TPSA) is 51.0 Å². The lowest BCUT2D eigenvalue weighted by Gasteiger charge is -2.07. The summed E-state index contributed by atoms with van der Waals surface area (Å²) in [4.78, 5) is 4.46. The molecule has 0 saturated carbocycles. The Balaban J connectivity index is 2.16. The number of benzene rings is 1. The van der Waals surface area contributed by atoms with Gasteiger partial charge in [-0.3, -0.25) is 0 Å². The van der Waals surface area contributed by atoms with Crippen LogP contribution in [0.3, 0.4) is 0 Å². The quantitative estimate of drug-likeness (QED) is 0.916. The monoisotopic (exact) mass is 323 g/mol. The zero-order valence-electron chi connectivity index (χ0n) is 11.4. The second-order valence-corrected chi connectivity index (χ2v) is 5.55. The molecule has 0 bridgehead atoms. The maximum Gasteiger partial charge on any atom is 0.228 e. The lowest BCUT2D eigenvalue weighted by atomic mass is 10.1. The number of nitrogens with one attached hydrogen (secondary N) is 1. The van der Waals surface area contributed by atoms with Crippen LogP contribution < -0.4 is 5.32 Å². The van der Waals surface area contributed by atoms with E-state index in [1.165, 1.54) is 0 Å². The number of hydrogen-bond acceptors (Lipinski definition) is 4. The second-order valence-electron chi connectivity index (χ2n) is 4.63. The molecule has 0 fully saturated rings. The van der Waals surface area contributed by atoms with Gasteiger partial charge in [-0.25, -0.2) is 0 Å². The molecule has 19 heavy (non-hydrogen) atoms. The van der Waals surface area contributed by atoms with Gasteiger partial charge in [0.05, 0.1) is 0 Å².